The van der Waals surface area contributed by atoms with Gasteiger partial charge in [-0.1, -0.05) is 31.4 Å². The maximum atomic E-state index is 13.5. The first-order chi connectivity index (χ1) is 15.0. The number of hydrogen-bond donors (Lipinski definition) is 0. The average Bonchev–Trinajstić information content (AvgIpc) is 2.70. The summed E-state index contributed by atoms with van der Waals surface area (Å²) in [6.45, 7) is 0. The van der Waals surface area contributed by atoms with Crippen LogP contribution >= 0.6 is 12.0 Å². The lowest BCUT2D eigenvalue weighted by Gasteiger charge is -2.35. The molecule has 0 aromatic heterocycles. The highest BCUT2D eigenvalue weighted by Crippen LogP contribution is 2.55. The van der Waals surface area contributed by atoms with E-state index < -0.39 is 44.8 Å². The lowest BCUT2D eigenvalue weighted by molar-refractivity contribution is -0.406. The zero-order chi connectivity index (χ0) is 25.1. The highest BCUT2D eigenvalue weighted by Gasteiger charge is 2.76. The van der Waals surface area contributed by atoms with Crippen molar-refractivity contribution in [3.05, 3.63) is 34.6 Å². The summed E-state index contributed by atoms with van der Waals surface area (Å²) in [6, 6.07) is 5.90. The molecule has 1 aromatic carbocycles. The van der Waals surface area contributed by atoms with Crippen molar-refractivity contribution in [2.24, 2.45) is 0 Å². The molecule has 0 amide bonds. The molecule has 0 atom stereocenters. The summed E-state index contributed by atoms with van der Waals surface area (Å²) >= 11 is -1.81. The van der Waals surface area contributed by atoms with Gasteiger partial charge in [-0.25, -0.2) is 8.42 Å². The summed E-state index contributed by atoms with van der Waals surface area (Å²) in [7, 11) is -7.45. The van der Waals surface area contributed by atoms with E-state index in [0.29, 0.717) is 10.6 Å². The third-order valence-corrected chi connectivity index (χ3v) is 6.47. The molecule has 1 saturated carbocycles. The predicted molar refractivity (Wildman–Crippen MR) is 95.8 cm³/mol. The van der Waals surface area contributed by atoms with Crippen LogP contribution in [0.25, 0.3) is 4.72 Å². The number of sulfonamides is 1. The van der Waals surface area contributed by atoms with Crippen LogP contribution in [-0.4, -0.2) is 31.1 Å². The predicted octanol–water partition coefficient (Wildman–Crippen LogP) is 6.67. The first-order valence-corrected chi connectivity index (χ1v) is 11.2. The van der Waals surface area contributed by atoms with Crippen molar-refractivity contribution >= 4 is 22.1 Å². The van der Waals surface area contributed by atoms with Crippen LogP contribution < -0.4 is 4.89 Å². The molecule has 17 heteroatoms. The molecule has 1 aliphatic rings. The van der Waals surface area contributed by atoms with Gasteiger partial charge in [-0.05, 0) is 41.5 Å². The van der Waals surface area contributed by atoms with Crippen LogP contribution in [0.15, 0.2) is 24.3 Å². The molecule has 1 aromatic rings. The Morgan fingerprint density at radius 3 is 1.94 bits per heavy atom. The van der Waals surface area contributed by atoms with Gasteiger partial charge in [0, 0.05) is 0 Å². The highest BCUT2D eigenvalue weighted by molar-refractivity contribution is 7.96. The molecule has 0 radical (unpaired) electrons. The van der Waals surface area contributed by atoms with Crippen molar-refractivity contribution in [1.29, 1.82) is 0 Å². The quantitative estimate of drug-likeness (QED) is 0.0831. The van der Waals surface area contributed by atoms with Crippen LogP contribution in [0, 0.1) is 0 Å². The molecular weight excluding hydrogens is 521 g/mol. The van der Waals surface area contributed by atoms with Gasteiger partial charge in [0.05, 0.1) is 0 Å². The van der Waals surface area contributed by atoms with E-state index in [9.17, 15) is 47.9 Å². The molecular formula is C16H15F9NO5S2-. The Morgan fingerprint density at radius 1 is 0.879 bits per heavy atom. The van der Waals surface area contributed by atoms with Crippen LogP contribution in [0.5, 0.6) is 5.75 Å². The fourth-order valence-corrected chi connectivity index (χ4v) is 4.20. The van der Waals surface area contributed by atoms with Gasteiger partial charge in [-0.3, -0.25) is 0 Å². The molecule has 0 N–H and O–H groups in total. The van der Waals surface area contributed by atoms with E-state index in [0.717, 1.165) is 37.7 Å². The largest absolute Gasteiger partial charge is 0.452 e. The molecule has 2 rings (SSSR count). The Hall–Kier alpha value is -1.43. The minimum Gasteiger partial charge on any atom is -0.452 e. The number of rotatable bonds is 10. The minimum absolute atomic E-state index is 0.151. The smallest absolute Gasteiger partial charge is 0.398 e. The lowest BCUT2D eigenvalue weighted by Crippen LogP contribution is -2.56. The van der Waals surface area contributed by atoms with Gasteiger partial charge in [0.2, 0.25) is 0 Å². The zero-order valence-corrected chi connectivity index (χ0v) is 17.8. The Balaban J connectivity index is 1.95. The van der Waals surface area contributed by atoms with E-state index >= 15 is 0 Å². The van der Waals surface area contributed by atoms with Crippen LogP contribution in [-0.2, 0) is 19.4 Å². The van der Waals surface area contributed by atoms with Gasteiger partial charge in [0.25, 0.3) is 0 Å². The van der Waals surface area contributed by atoms with Crippen molar-refractivity contribution < 1.29 is 62.2 Å². The van der Waals surface area contributed by atoms with E-state index in [1.807, 2.05) is 0 Å². The van der Waals surface area contributed by atoms with Crippen molar-refractivity contribution in [2.45, 2.75) is 60.8 Å². The molecule has 1 fully saturated rings. The Kier molecular flexibility index (Phi) is 8.47. The topological polar surface area (TPSA) is 75.9 Å². The third kappa shape index (κ3) is 6.58. The summed E-state index contributed by atoms with van der Waals surface area (Å²) in [5.41, 5.74) is 0.955. The number of nitrogens with zero attached hydrogens (tertiary/aromatic N) is 1. The fourth-order valence-electron chi connectivity index (χ4n) is 2.92. The minimum atomic E-state index is -7.45. The van der Waals surface area contributed by atoms with Crippen LogP contribution in [0.2, 0.25) is 0 Å². The van der Waals surface area contributed by atoms with Gasteiger partial charge in [0.1, 0.15) is 12.0 Å². The van der Waals surface area contributed by atoms with Crippen molar-refractivity contribution in [2.75, 3.05) is 0 Å². The number of benzene rings is 1. The molecule has 0 heterocycles. The van der Waals surface area contributed by atoms with Crippen LogP contribution in [0.4, 0.5) is 39.5 Å². The van der Waals surface area contributed by atoms with E-state index in [4.69, 9.17) is 0 Å². The van der Waals surface area contributed by atoms with Gasteiger partial charge in [-0.15, -0.1) is 4.33 Å². The Bertz CT molecular complexity index is 889. The second kappa shape index (κ2) is 10.1. The summed E-state index contributed by atoms with van der Waals surface area (Å²) < 4.78 is 143. The van der Waals surface area contributed by atoms with Gasteiger partial charge < -0.3 is 9.61 Å². The Labute approximate surface area is 185 Å². The van der Waals surface area contributed by atoms with E-state index in [2.05, 4.69) is 14.3 Å². The van der Waals surface area contributed by atoms with E-state index in [-0.39, 0.29) is 5.75 Å². The molecule has 0 unspecified atom stereocenters. The summed E-state index contributed by atoms with van der Waals surface area (Å²) in [5.74, 6) is -6.74. The van der Waals surface area contributed by atoms with Crippen LogP contribution in [0.3, 0.4) is 0 Å². The van der Waals surface area contributed by atoms with E-state index in [1.165, 1.54) is 12.1 Å². The van der Waals surface area contributed by atoms with Crippen molar-refractivity contribution in [3.63, 3.8) is 0 Å². The molecule has 0 bridgehead atoms. The van der Waals surface area contributed by atoms with E-state index in [1.54, 1.807) is 12.1 Å². The zero-order valence-electron chi connectivity index (χ0n) is 16.1. The third-order valence-electron chi connectivity index (χ3n) is 4.53. The average molecular weight is 536 g/mol. The second-order valence-electron chi connectivity index (χ2n) is 6.85. The molecule has 6 nitrogen and oxygen atoms in total. The summed E-state index contributed by atoms with van der Waals surface area (Å²) in [6.07, 6.45) is -1.08. The standard InChI is InChI=1S/C16H15F9NO5S2/c17-13(18,15(21,22)33(27,28)26-16(23,24)25)14(19,20)32-31-30-29-12-8-6-11(7-9-12)10-4-2-1-3-5-10/h6-10H,1-5H2/q-1. The van der Waals surface area contributed by atoms with Gasteiger partial charge >= 0.3 is 22.7 Å². The van der Waals surface area contributed by atoms with Crippen LogP contribution in [0.1, 0.15) is 43.6 Å². The van der Waals surface area contributed by atoms with Crippen molar-refractivity contribution in [3.8, 4) is 5.75 Å². The second-order valence-corrected chi connectivity index (χ2v) is 9.31. The number of alkyl halides is 9. The van der Waals surface area contributed by atoms with Gasteiger partial charge in [0.15, 0.2) is 15.8 Å². The maximum absolute atomic E-state index is 13.5. The number of halogens is 9. The monoisotopic (exact) mass is 536 g/mol. The molecule has 0 aliphatic heterocycles. The molecule has 0 spiro atoms. The first-order valence-electron chi connectivity index (χ1n) is 8.98. The molecule has 0 saturated heterocycles. The molecule has 190 valence electrons. The fraction of sp³-hybridized carbons (Fsp3) is 0.625. The molecule has 1 aliphatic carbocycles. The summed E-state index contributed by atoms with van der Waals surface area (Å²) in [5, 5.41) is -9.28. The highest BCUT2D eigenvalue weighted by atomic mass is 32.2. The Morgan fingerprint density at radius 2 is 1.42 bits per heavy atom. The maximum Gasteiger partial charge on any atom is 0.398 e. The summed E-state index contributed by atoms with van der Waals surface area (Å²) in [4.78, 5) is 4.38. The number of hydrogen-bond acceptors (Lipinski definition) is 6. The lowest BCUT2D eigenvalue weighted by atomic mass is 9.84. The molecule has 33 heavy (non-hydrogen) atoms. The first kappa shape index (κ1) is 27.8. The van der Waals surface area contributed by atoms with Crippen molar-refractivity contribution in [1.82, 2.24) is 0 Å². The SMILES string of the molecule is O=S(=O)([N-]C(F)(F)F)C(F)(F)C(F)(F)C(F)(F)SOOOc1ccc(C2CCCCC2)cc1. The normalized spacial score (nSPS) is 17.2. The van der Waals surface area contributed by atoms with Gasteiger partial charge in [-0.2, -0.15) is 39.5 Å².